The first-order chi connectivity index (χ1) is 18.1. The smallest absolute Gasteiger partial charge is 0.309 e. The Morgan fingerprint density at radius 1 is 1.14 bits per heavy atom. The Balaban J connectivity index is 1.40. The van der Waals surface area contributed by atoms with E-state index < -0.39 is 0 Å². The van der Waals surface area contributed by atoms with Crippen LogP contribution in [0.15, 0.2) is 70.7 Å². The lowest BCUT2D eigenvalue weighted by molar-refractivity contribution is -0.149. The van der Waals surface area contributed by atoms with E-state index in [9.17, 15) is 9.59 Å². The highest BCUT2D eigenvalue weighted by molar-refractivity contribution is 8.18. The molecule has 3 heterocycles. The molecular weight excluding hydrogens is 488 g/mol. The number of methoxy groups -OCH3 is 1. The van der Waals surface area contributed by atoms with Crippen LogP contribution in [0.3, 0.4) is 0 Å². The molecule has 0 saturated carbocycles. The van der Waals surface area contributed by atoms with Crippen LogP contribution in [0.2, 0.25) is 0 Å². The summed E-state index contributed by atoms with van der Waals surface area (Å²) in [6.07, 6.45) is 5.16. The van der Waals surface area contributed by atoms with Gasteiger partial charge in [0.25, 0.3) is 5.91 Å². The lowest BCUT2D eigenvalue weighted by Crippen LogP contribution is -2.39. The van der Waals surface area contributed by atoms with Crippen LogP contribution >= 0.6 is 11.8 Å². The molecule has 0 bridgehead atoms. The van der Waals surface area contributed by atoms with E-state index >= 15 is 0 Å². The van der Waals surface area contributed by atoms with Gasteiger partial charge in [-0.15, -0.1) is 0 Å². The highest BCUT2D eigenvalue weighted by atomic mass is 32.2. The Labute approximate surface area is 220 Å². The molecule has 0 N–H and O–H groups in total. The zero-order valence-electron chi connectivity index (χ0n) is 20.8. The van der Waals surface area contributed by atoms with Gasteiger partial charge in [-0.05, 0) is 61.9 Å². The summed E-state index contributed by atoms with van der Waals surface area (Å²) in [6.45, 7) is 3.54. The second kappa shape index (κ2) is 11.0. The number of likely N-dealkylation sites (tertiary alicyclic amines) is 1. The van der Waals surface area contributed by atoms with Crippen molar-refractivity contribution in [3.8, 4) is 22.7 Å². The molecule has 37 heavy (non-hydrogen) atoms. The molecule has 190 valence electrons. The van der Waals surface area contributed by atoms with Crippen LogP contribution in [-0.2, 0) is 14.3 Å². The van der Waals surface area contributed by atoms with E-state index in [0.29, 0.717) is 42.6 Å². The summed E-state index contributed by atoms with van der Waals surface area (Å²) in [5.41, 5.74) is 3.36. The topological polar surface area (TPSA) is 86.0 Å². The van der Waals surface area contributed by atoms with Crippen molar-refractivity contribution in [1.29, 1.82) is 0 Å². The lowest BCUT2D eigenvalue weighted by Gasteiger charge is -2.31. The Morgan fingerprint density at radius 3 is 2.65 bits per heavy atom. The molecular formula is C28H28N4O4S. The third-order valence-corrected chi connectivity index (χ3v) is 7.43. The van der Waals surface area contributed by atoms with Gasteiger partial charge in [0.15, 0.2) is 5.17 Å². The van der Waals surface area contributed by atoms with Crippen LogP contribution in [0.4, 0.5) is 0 Å². The molecule has 1 saturated heterocycles. The average molecular weight is 517 g/mol. The van der Waals surface area contributed by atoms with E-state index in [2.05, 4.69) is 9.89 Å². The number of ether oxygens (including phenoxy) is 2. The van der Waals surface area contributed by atoms with Gasteiger partial charge in [-0.1, -0.05) is 30.3 Å². The SMILES string of the molecule is CCOC(=O)C1CCN(C2=NC(=O)C(=Cc3cn(-c4ccccc4)nc3-c3cccc(OC)c3)S2)CC1. The van der Waals surface area contributed by atoms with Crippen LogP contribution in [0, 0.1) is 5.92 Å². The van der Waals surface area contributed by atoms with Gasteiger partial charge in [0.2, 0.25) is 0 Å². The van der Waals surface area contributed by atoms with Crippen molar-refractivity contribution in [2.45, 2.75) is 19.8 Å². The number of hydrogen-bond donors (Lipinski definition) is 0. The van der Waals surface area contributed by atoms with Crippen LogP contribution in [-0.4, -0.2) is 58.5 Å². The number of thioether (sulfide) groups is 1. The van der Waals surface area contributed by atoms with Crippen molar-refractivity contribution in [2.75, 3.05) is 26.8 Å². The Hall–Kier alpha value is -3.85. The quantitative estimate of drug-likeness (QED) is 0.344. The first-order valence-corrected chi connectivity index (χ1v) is 13.1. The number of amidine groups is 1. The lowest BCUT2D eigenvalue weighted by atomic mass is 9.97. The number of aliphatic imine (C=N–C) groups is 1. The normalized spacial score (nSPS) is 17.2. The monoisotopic (exact) mass is 516 g/mol. The van der Waals surface area contributed by atoms with Gasteiger partial charge in [0, 0.05) is 30.4 Å². The number of para-hydroxylation sites is 1. The molecule has 3 aromatic rings. The summed E-state index contributed by atoms with van der Waals surface area (Å²) in [4.78, 5) is 31.9. The van der Waals surface area contributed by atoms with E-state index in [1.807, 2.05) is 78.5 Å². The fourth-order valence-corrected chi connectivity index (χ4v) is 5.40. The fourth-order valence-electron chi connectivity index (χ4n) is 4.44. The number of amides is 1. The van der Waals surface area contributed by atoms with Gasteiger partial charge < -0.3 is 14.4 Å². The molecule has 9 heteroatoms. The van der Waals surface area contributed by atoms with Crippen LogP contribution < -0.4 is 4.74 Å². The van der Waals surface area contributed by atoms with E-state index in [-0.39, 0.29) is 17.8 Å². The number of aromatic nitrogens is 2. The summed E-state index contributed by atoms with van der Waals surface area (Å²) in [6, 6.07) is 17.6. The van der Waals surface area contributed by atoms with Crippen molar-refractivity contribution in [2.24, 2.45) is 10.9 Å². The molecule has 0 spiro atoms. The zero-order chi connectivity index (χ0) is 25.8. The number of piperidine rings is 1. The standard InChI is InChI=1S/C28H28N4O4S/c1-3-36-27(34)19-12-14-31(15-13-19)28-29-26(33)24(37-28)17-21-18-32(22-9-5-4-6-10-22)30-25(21)20-8-7-11-23(16-20)35-2/h4-11,16-19H,3,12-15H2,1-2H3. The van der Waals surface area contributed by atoms with Crippen LogP contribution in [0.25, 0.3) is 23.0 Å². The third kappa shape index (κ3) is 5.46. The minimum Gasteiger partial charge on any atom is -0.497 e. The van der Waals surface area contributed by atoms with E-state index in [1.54, 1.807) is 7.11 Å². The molecule has 1 fully saturated rings. The number of esters is 1. The van der Waals surface area contributed by atoms with Crippen LogP contribution in [0.1, 0.15) is 25.3 Å². The van der Waals surface area contributed by atoms with E-state index in [0.717, 1.165) is 28.3 Å². The summed E-state index contributed by atoms with van der Waals surface area (Å²) in [5, 5.41) is 5.52. The largest absolute Gasteiger partial charge is 0.497 e. The molecule has 2 aliphatic rings. The fraction of sp³-hybridized carbons (Fsp3) is 0.286. The molecule has 2 aliphatic heterocycles. The Kier molecular flexibility index (Phi) is 7.41. The maximum atomic E-state index is 12.9. The minimum atomic E-state index is -0.267. The summed E-state index contributed by atoms with van der Waals surface area (Å²) in [7, 11) is 1.63. The minimum absolute atomic E-state index is 0.0943. The van der Waals surface area contributed by atoms with Gasteiger partial charge in [-0.3, -0.25) is 9.59 Å². The van der Waals surface area contributed by atoms with E-state index in [4.69, 9.17) is 14.6 Å². The molecule has 0 aliphatic carbocycles. The number of nitrogens with zero attached hydrogens (tertiary/aromatic N) is 4. The highest BCUT2D eigenvalue weighted by Crippen LogP contribution is 2.35. The highest BCUT2D eigenvalue weighted by Gasteiger charge is 2.32. The third-order valence-electron chi connectivity index (χ3n) is 6.39. The molecule has 1 amide bonds. The zero-order valence-corrected chi connectivity index (χ0v) is 21.6. The first-order valence-electron chi connectivity index (χ1n) is 12.3. The van der Waals surface area contributed by atoms with Crippen molar-refractivity contribution >= 4 is 34.9 Å². The summed E-state index contributed by atoms with van der Waals surface area (Å²) in [5.74, 6) is 0.230. The van der Waals surface area contributed by atoms with E-state index in [1.165, 1.54) is 11.8 Å². The van der Waals surface area contributed by atoms with Gasteiger partial charge >= 0.3 is 5.97 Å². The molecule has 1 aromatic heterocycles. The number of carbonyl (C=O) groups is 2. The molecule has 8 nitrogen and oxygen atoms in total. The van der Waals surface area contributed by atoms with Crippen molar-refractivity contribution in [1.82, 2.24) is 14.7 Å². The van der Waals surface area contributed by atoms with Gasteiger partial charge in [-0.25, -0.2) is 4.68 Å². The van der Waals surface area contributed by atoms with Gasteiger partial charge in [-0.2, -0.15) is 10.1 Å². The summed E-state index contributed by atoms with van der Waals surface area (Å²) < 4.78 is 12.4. The molecule has 5 rings (SSSR count). The van der Waals surface area contributed by atoms with Gasteiger partial charge in [0.05, 0.1) is 30.2 Å². The van der Waals surface area contributed by atoms with Crippen LogP contribution in [0.5, 0.6) is 5.75 Å². The average Bonchev–Trinajstić information content (AvgIpc) is 3.53. The second-order valence-corrected chi connectivity index (χ2v) is 9.78. The number of hydrogen-bond acceptors (Lipinski definition) is 7. The maximum Gasteiger partial charge on any atom is 0.309 e. The Bertz CT molecular complexity index is 1360. The molecule has 2 aromatic carbocycles. The second-order valence-electron chi connectivity index (χ2n) is 8.77. The van der Waals surface area contributed by atoms with Crippen molar-refractivity contribution in [3.63, 3.8) is 0 Å². The summed E-state index contributed by atoms with van der Waals surface area (Å²) >= 11 is 1.37. The number of benzene rings is 2. The molecule has 0 radical (unpaired) electrons. The van der Waals surface area contributed by atoms with Gasteiger partial charge in [0.1, 0.15) is 11.4 Å². The maximum absolute atomic E-state index is 12.9. The van der Waals surface area contributed by atoms with Crippen molar-refractivity contribution in [3.05, 3.63) is 71.3 Å². The molecule has 0 atom stereocenters. The number of rotatable bonds is 6. The number of carbonyl (C=O) groups excluding carboxylic acids is 2. The predicted molar refractivity (Wildman–Crippen MR) is 144 cm³/mol. The molecule has 0 unspecified atom stereocenters. The van der Waals surface area contributed by atoms with Crippen molar-refractivity contribution < 1.29 is 19.1 Å². The first kappa shape index (κ1) is 24.8. The Morgan fingerprint density at radius 2 is 1.92 bits per heavy atom. The predicted octanol–water partition coefficient (Wildman–Crippen LogP) is 4.79.